The fraction of sp³-hybridized carbons (Fsp3) is 0.625. The maximum Gasteiger partial charge on any atom is -0.0130 e. The van der Waals surface area contributed by atoms with Crippen molar-refractivity contribution in [3.05, 3.63) is 34.4 Å². The van der Waals surface area contributed by atoms with Gasteiger partial charge in [-0.25, -0.2) is 0 Å². The summed E-state index contributed by atoms with van der Waals surface area (Å²) in [4.78, 5) is 0. The van der Waals surface area contributed by atoms with E-state index in [2.05, 4.69) is 39.8 Å². The van der Waals surface area contributed by atoms with Crippen LogP contribution in [0.4, 0.5) is 0 Å². The lowest BCUT2D eigenvalue weighted by atomic mass is 9.87. The van der Waals surface area contributed by atoms with Gasteiger partial charge in [-0.05, 0) is 55.2 Å². The SMILES string of the molecule is CC.Cc1cc(C)c2c(c1)CCC2C(C)C. The second-order valence-corrected chi connectivity index (χ2v) is 5.04. The zero-order valence-electron chi connectivity index (χ0n) is 11.7. The highest BCUT2D eigenvalue weighted by Crippen LogP contribution is 2.40. The molecule has 0 aliphatic heterocycles. The summed E-state index contributed by atoms with van der Waals surface area (Å²) in [6, 6.07) is 4.71. The predicted molar refractivity (Wildman–Crippen MR) is 73.2 cm³/mol. The molecule has 1 aliphatic carbocycles. The third-order valence-corrected chi connectivity index (χ3v) is 3.52. The van der Waals surface area contributed by atoms with Gasteiger partial charge in [-0.15, -0.1) is 0 Å². The number of fused-ring (bicyclic) bond motifs is 1. The summed E-state index contributed by atoms with van der Waals surface area (Å²) >= 11 is 0. The molecule has 0 heteroatoms. The van der Waals surface area contributed by atoms with Gasteiger partial charge in [-0.3, -0.25) is 0 Å². The summed E-state index contributed by atoms with van der Waals surface area (Å²) in [5, 5.41) is 0. The van der Waals surface area contributed by atoms with Gasteiger partial charge < -0.3 is 0 Å². The minimum Gasteiger partial charge on any atom is -0.0683 e. The zero-order valence-corrected chi connectivity index (χ0v) is 11.7. The van der Waals surface area contributed by atoms with Gasteiger partial charge >= 0.3 is 0 Å². The van der Waals surface area contributed by atoms with E-state index >= 15 is 0 Å². The van der Waals surface area contributed by atoms with Crippen LogP contribution in [0.2, 0.25) is 0 Å². The fourth-order valence-corrected chi connectivity index (χ4v) is 2.93. The Labute approximate surface area is 101 Å². The van der Waals surface area contributed by atoms with E-state index < -0.39 is 0 Å². The van der Waals surface area contributed by atoms with Crippen molar-refractivity contribution in [2.75, 3.05) is 0 Å². The Morgan fingerprint density at radius 2 is 1.75 bits per heavy atom. The molecular formula is C16H26. The van der Waals surface area contributed by atoms with Crippen LogP contribution in [0.1, 0.15) is 62.3 Å². The first-order valence-electron chi connectivity index (χ1n) is 6.69. The van der Waals surface area contributed by atoms with Crippen LogP contribution in [0.5, 0.6) is 0 Å². The van der Waals surface area contributed by atoms with Crippen LogP contribution >= 0.6 is 0 Å². The average Bonchev–Trinajstić information content (AvgIpc) is 2.64. The van der Waals surface area contributed by atoms with E-state index in [9.17, 15) is 0 Å². The molecule has 90 valence electrons. The van der Waals surface area contributed by atoms with E-state index in [4.69, 9.17) is 0 Å². The third kappa shape index (κ3) is 2.48. The highest BCUT2D eigenvalue weighted by molar-refractivity contribution is 5.44. The van der Waals surface area contributed by atoms with Gasteiger partial charge in [0.25, 0.3) is 0 Å². The molecule has 0 saturated carbocycles. The minimum atomic E-state index is 0.789. The molecule has 1 aliphatic rings. The summed E-state index contributed by atoms with van der Waals surface area (Å²) in [7, 11) is 0. The van der Waals surface area contributed by atoms with E-state index in [0.29, 0.717) is 0 Å². The fourth-order valence-electron chi connectivity index (χ4n) is 2.93. The van der Waals surface area contributed by atoms with Crippen LogP contribution in [0.15, 0.2) is 12.1 Å². The molecule has 0 spiro atoms. The van der Waals surface area contributed by atoms with Gasteiger partial charge in [0, 0.05) is 0 Å². The van der Waals surface area contributed by atoms with Crippen molar-refractivity contribution >= 4 is 0 Å². The van der Waals surface area contributed by atoms with Gasteiger partial charge in [-0.1, -0.05) is 45.4 Å². The molecule has 0 N–H and O–H groups in total. The predicted octanol–water partition coefficient (Wildman–Crippen LogP) is 5.02. The zero-order chi connectivity index (χ0) is 12.3. The van der Waals surface area contributed by atoms with Crippen LogP contribution in [-0.4, -0.2) is 0 Å². The topological polar surface area (TPSA) is 0 Å². The first-order valence-corrected chi connectivity index (χ1v) is 6.69. The Kier molecular flexibility index (Phi) is 4.58. The number of hydrogen-bond acceptors (Lipinski definition) is 0. The summed E-state index contributed by atoms with van der Waals surface area (Å²) in [6.45, 7) is 13.2. The summed E-state index contributed by atoms with van der Waals surface area (Å²) in [6.07, 6.45) is 2.65. The lowest BCUT2D eigenvalue weighted by molar-refractivity contribution is 0.494. The number of hydrogen-bond donors (Lipinski definition) is 0. The molecule has 0 radical (unpaired) electrons. The Bertz CT molecular complexity index is 347. The molecule has 1 atom stereocenters. The largest absolute Gasteiger partial charge is 0.0683 e. The van der Waals surface area contributed by atoms with Crippen LogP contribution in [0, 0.1) is 19.8 Å². The standard InChI is InChI=1S/C14H20.C2H6/c1-9(2)13-6-5-12-8-10(3)7-11(4)14(12)13;1-2/h7-9,13H,5-6H2,1-4H3;1-2H3. The quantitative estimate of drug-likeness (QED) is 0.621. The lowest BCUT2D eigenvalue weighted by Gasteiger charge is -2.18. The highest BCUT2D eigenvalue weighted by atomic mass is 14.3. The highest BCUT2D eigenvalue weighted by Gasteiger charge is 2.26. The van der Waals surface area contributed by atoms with Gasteiger partial charge in [-0.2, -0.15) is 0 Å². The van der Waals surface area contributed by atoms with Gasteiger partial charge in [0.05, 0.1) is 0 Å². The molecule has 0 bridgehead atoms. The summed E-state index contributed by atoms with van der Waals surface area (Å²) in [5.74, 6) is 1.60. The minimum absolute atomic E-state index is 0.789. The normalized spacial score (nSPS) is 18.1. The van der Waals surface area contributed by atoms with Crippen LogP contribution in [0.25, 0.3) is 0 Å². The van der Waals surface area contributed by atoms with Crippen molar-refractivity contribution in [2.24, 2.45) is 5.92 Å². The van der Waals surface area contributed by atoms with Crippen molar-refractivity contribution in [1.29, 1.82) is 0 Å². The first-order chi connectivity index (χ1) is 7.59. The molecule has 0 aromatic heterocycles. The molecule has 0 nitrogen and oxygen atoms in total. The molecule has 0 heterocycles. The monoisotopic (exact) mass is 218 g/mol. The Morgan fingerprint density at radius 1 is 1.12 bits per heavy atom. The van der Waals surface area contributed by atoms with E-state index in [1.54, 1.807) is 11.1 Å². The first kappa shape index (κ1) is 13.3. The molecule has 0 saturated heterocycles. The molecule has 0 amide bonds. The Morgan fingerprint density at radius 3 is 2.31 bits per heavy atom. The second-order valence-electron chi connectivity index (χ2n) is 5.04. The molecule has 1 unspecified atom stereocenters. The van der Waals surface area contributed by atoms with E-state index in [1.165, 1.54) is 24.0 Å². The van der Waals surface area contributed by atoms with Crippen molar-refractivity contribution in [3.63, 3.8) is 0 Å². The molecule has 0 fully saturated rings. The van der Waals surface area contributed by atoms with Gasteiger partial charge in [0.1, 0.15) is 0 Å². The number of rotatable bonds is 1. The van der Waals surface area contributed by atoms with Crippen molar-refractivity contribution in [3.8, 4) is 0 Å². The number of aryl methyl sites for hydroxylation is 3. The Hall–Kier alpha value is -0.780. The molecular weight excluding hydrogens is 192 g/mol. The van der Waals surface area contributed by atoms with E-state index in [0.717, 1.165) is 11.8 Å². The summed E-state index contributed by atoms with van der Waals surface area (Å²) < 4.78 is 0. The number of benzene rings is 1. The van der Waals surface area contributed by atoms with Crippen LogP contribution in [0.3, 0.4) is 0 Å². The van der Waals surface area contributed by atoms with Crippen molar-refractivity contribution in [1.82, 2.24) is 0 Å². The lowest BCUT2D eigenvalue weighted by Crippen LogP contribution is -2.04. The maximum absolute atomic E-state index is 2.38. The molecule has 1 aromatic carbocycles. The smallest absolute Gasteiger partial charge is 0.0130 e. The molecule has 2 rings (SSSR count). The third-order valence-electron chi connectivity index (χ3n) is 3.52. The van der Waals surface area contributed by atoms with Crippen LogP contribution < -0.4 is 0 Å². The Balaban J connectivity index is 0.000000606. The van der Waals surface area contributed by atoms with Gasteiger partial charge in [0.2, 0.25) is 0 Å². The van der Waals surface area contributed by atoms with Crippen molar-refractivity contribution < 1.29 is 0 Å². The molecule has 1 aromatic rings. The van der Waals surface area contributed by atoms with Gasteiger partial charge in [0.15, 0.2) is 0 Å². The maximum atomic E-state index is 2.38. The second kappa shape index (κ2) is 5.52. The molecule has 16 heavy (non-hydrogen) atoms. The average molecular weight is 218 g/mol. The van der Waals surface area contributed by atoms with E-state index in [1.807, 2.05) is 13.8 Å². The van der Waals surface area contributed by atoms with Crippen molar-refractivity contribution in [2.45, 2.75) is 60.3 Å². The summed E-state index contributed by atoms with van der Waals surface area (Å²) in [5.41, 5.74) is 6.20. The van der Waals surface area contributed by atoms with Crippen LogP contribution in [-0.2, 0) is 6.42 Å². The van der Waals surface area contributed by atoms with E-state index in [-0.39, 0.29) is 0 Å².